The molecule has 2 rings (SSSR count). The van der Waals surface area contributed by atoms with Crippen LogP contribution in [-0.4, -0.2) is 17.5 Å². The fourth-order valence-corrected chi connectivity index (χ4v) is 2.22. The van der Waals surface area contributed by atoms with Gasteiger partial charge >= 0.3 is 0 Å². The average Bonchev–Trinajstić information content (AvgIpc) is 2.39. The first-order chi connectivity index (χ1) is 9.08. The van der Waals surface area contributed by atoms with Crippen LogP contribution in [0.1, 0.15) is 32.8 Å². The first kappa shape index (κ1) is 13.7. The number of carbonyl (C=O) groups excluding carboxylic acids is 1. The van der Waals surface area contributed by atoms with Gasteiger partial charge in [-0.1, -0.05) is 44.2 Å². The number of rotatable bonds is 4. The monoisotopic (exact) mass is 259 g/mol. The zero-order valence-corrected chi connectivity index (χ0v) is 11.8. The van der Waals surface area contributed by atoms with E-state index in [1.807, 2.05) is 37.3 Å². The van der Waals surface area contributed by atoms with Crippen LogP contribution in [0.4, 0.5) is 0 Å². The average molecular weight is 259 g/mol. The van der Waals surface area contributed by atoms with Gasteiger partial charge in [0.2, 0.25) is 0 Å². The Morgan fingerprint density at radius 2 is 1.95 bits per heavy atom. The second-order valence-corrected chi connectivity index (χ2v) is 5.39. The van der Waals surface area contributed by atoms with E-state index in [-0.39, 0.29) is 5.91 Å². The molecule has 0 radical (unpaired) electrons. The van der Waals surface area contributed by atoms with Crippen LogP contribution in [0.5, 0.6) is 0 Å². The van der Waals surface area contributed by atoms with Crippen LogP contribution < -0.4 is 0 Å². The Kier molecular flexibility index (Phi) is 4.25. The quantitative estimate of drug-likeness (QED) is 0.830. The minimum atomic E-state index is 0.112. The fraction of sp³-hybridized carbons (Fsp3) is 0.438. The first-order valence-electron chi connectivity index (χ1n) is 6.73. The summed E-state index contributed by atoms with van der Waals surface area (Å²) in [5.74, 6) is 1.35. The predicted molar refractivity (Wildman–Crippen MR) is 75.1 cm³/mol. The normalized spacial score (nSPS) is 16.0. The van der Waals surface area contributed by atoms with Crippen molar-refractivity contribution >= 4 is 5.91 Å². The molecule has 19 heavy (non-hydrogen) atoms. The zero-order valence-electron chi connectivity index (χ0n) is 11.8. The predicted octanol–water partition coefficient (Wildman–Crippen LogP) is 3.32. The molecule has 0 atom stereocenters. The largest absolute Gasteiger partial charge is 0.477 e. The highest BCUT2D eigenvalue weighted by Gasteiger charge is 2.26. The minimum Gasteiger partial charge on any atom is -0.477 e. The third-order valence-corrected chi connectivity index (χ3v) is 3.24. The molecular weight excluding hydrogens is 238 g/mol. The van der Waals surface area contributed by atoms with Crippen molar-refractivity contribution in [2.75, 3.05) is 6.73 Å². The highest BCUT2D eigenvalue weighted by molar-refractivity contribution is 5.94. The van der Waals surface area contributed by atoms with Crippen LogP contribution in [0.2, 0.25) is 0 Å². The van der Waals surface area contributed by atoms with Crippen molar-refractivity contribution in [1.82, 2.24) is 4.90 Å². The van der Waals surface area contributed by atoms with E-state index in [0.717, 1.165) is 23.3 Å². The SMILES string of the molecule is CC1=C(CC(C)C)C(=O)N(Cc2ccccc2)CO1. The van der Waals surface area contributed by atoms with E-state index < -0.39 is 0 Å². The van der Waals surface area contributed by atoms with Gasteiger partial charge in [-0.3, -0.25) is 4.79 Å². The van der Waals surface area contributed by atoms with E-state index in [4.69, 9.17) is 4.74 Å². The maximum absolute atomic E-state index is 12.5. The summed E-state index contributed by atoms with van der Waals surface area (Å²) in [5.41, 5.74) is 1.94. The molecule has 102 valence electrons. The first-order valence-corrected chi connectivity index (χ1v) is 6.73. The van der Waals surface area contributed by atoms with Gasteiger partial charge in [0.25, 0.3) is 5.91 Å². The number of allylic oxidation sites excluding steroid dienone is 1. The molecular formula is C16H21NO2. The Labute approximate surface area is 114 Å². The van der Waals surface area contributed by atoms with Gasteiger partial charge in [0.05, 0.1) is 5.57 Å². The van der Waals surface area contributed by atoms with Crippen molar-refractivity contribution < 1.29 is 9.53 Å². The number of benzene rings is 1. The lowest BCUT2D eigenvalue weighted by atomic mass is 10.00. The minimum absolute atomic E-state index is 0.112. The molecule has 1 aromatic rings. The molecule has 1 heterocycles. The van der Waals surface area contributed by atoms with Gasteiger partial charge in [-0.15, -0.1) is 0 Å². The molecule has 0 bridgehead atoms. The summed E-state index contributed by atoms with van der Waals surface area (Å²) in [7, 11) is 0. The van der Waals surface area contributed by atoms with E-state index in [2.05, 4.69) is 13.8 Å². The Morgan fingerprint density at radius 1 is 1.26 bits per heavy atom. The lowest BCUT2D eigenvalue weighted by Crippen LogP contribution is -2.38. The van der Waals surface area contributed by atoms with Gasteiger partial charge in [0.1, 0.15) is 5.76 Å². The number of nitrogens with zero attached hydrogens (tertiary/aromatic N) is 1. The van der Waals surface area contributed by atoms with Crippen LogP contribution in [0, 0.1) is 5.92 Å². The van der Waals surface area contributed by atoms with E-state index in [1.54, 1.807) is 4.90 Å². The third-order valence-electron chi connectivity index (χ3n) is 3.24. The second kappa shape index (κ2) is 5.91. The number of hydrogen-bond donors (Lipinski definition) is 0. The fourth-order valence-electron chi connectivity index (χ4n) is 2.22. The van der Waals surface area contributed by atoms with E-state index in [0.29, 0.717) is 19.2 Å². The van der Waals surface area contributed by atoms with Gasteiger partial charge in [0, 0.05) is 6.54 Å². The van der Waals surface area contributed by atoms with E-state index in [9.17, 15) is 4.79 Å². The summed E-state index contributed by atoms with van der Waals surface area (Å²) in [6, 6.07) is 10.0. The van der Waals surface area contributed by atoms with Gasteiger partial charge in [-0.05, 0) is 24.8 Å². The molecule has 0 fully saturated rings. The van der Waals surface area contributed by atoms with E-state index in [1.165, 1.54) is 0 Å². The van der Waals surface area contributed by atoms with Crippen molar-refractivity contribution in [2.24, 2.45) is 5.92 Å². The standard InChI is InChI=1S/C16H21NO2/c1-12(2)9-15-13(3)19-11-17(16(15)18)10-14-7-5-4-6-8-14/h4-8,12H,9-11H2,1-3H3. The summed E-state index contributed by atoms with van der Waals surface area (Å²) in [5, 5.41) is 0. The van der Waals surface area contributed by atoms with Crippen LogP contribution >= 0.6 is 0 Å². The van der Waals surface area contributed by atoms with Crippen molar-refractivity contribution in [2.45, 2.75) is 33.7 Å². The Morgan fingerprint density at radius 3 is 2.58 bits per heavy atom. The van der Waals surface area contributed by atoms with Crippen molar-refractivity contribution in [1.29, 1.82) is 0 Å². The molecule has 0 saturated carbocycles. The molecule has 0 aliphatic carbocycles. The van der Waals surface area contributed by atoms with Crippen LogP contribution in [0.15, 0.2) is 41.7 Å². The second-order valence-electron chi connectivity index (χ2n) is 5.39. The lowest BCUT2D eigenvalue weighted by molar-refractivity contribution is -0.135. The maximum Gasteiger partial charge on any atom is 0.256 e. The van der Waals surface area contributed by atoms with Crippen molar-refractivity contribution in [3.63, 3.8) is 0 Å². The van der Waals surface area contributed by atoms with Gasteiger partial charge in [0.15, 0.2) is 6.73 Å². The third kappa shape index (κ3) is 3.37. The summed E-state index contributed by atoms with van der Waals surface area (Å²) < 4.78 is 5.63. The molecule has 3 heteroatoms. The molecule has 1 aliphatic heterocycles. The molecule has 0 aromatic heterocycles. The van der Waals surface area contributed by atoms with Crippen LogP contribution in [-0.2, 0) is 16.1 Å². The van der Waals surface area contributed by atoms with Gasteiger partial charge in [-0.25, -0.2) is 0 Å². The highest BCUT2D eigenvalue weighted by Crippen LogP contribution is 2.24. The van der Waals surface area contributed by atoms with Crippen LogP contribution in [0.25, 0.3) is 0 Å². The van der Waals surface area contributed by atoms with Gasteiger partial charge < -0.3 is 9.64 Å². The lowest BCUT2D eigenvalue weighted by Gasteiger charge is -2.30. The highest BCUT2D eigenvalue weighted by atomic mass is 16.5. The zero-order chi connectivity index (χ0) is 13.8. The molecule has 0 unspecified atom stereocenters. The Hall–Kier alpha value is -1.77. The summed E-state index contributed by atoms with van der Waals surface area (Å²) >= 11 is 0. The topological polar surface area (TPSA) is 29.5 Å². The molecule has 0 saturated heterocycles. The summed E-state index contributed by atoms with van der Waals surface area (Å²) in [6.45, 7) is 7.07. The molecule has 0 spiro atoms. The Bertz CT molecular complexity index is 477. The summed E-state index contributed by atoms with van der Waals surface area (Å²) in [6.07, 6.45) is 0.774. The van der Waals surface area contributed by atoms with E-state index >= 15 is 0 Å². The smallest absolute Gasteiger partial charge is 0.256 e. The molecule has 1 aromatic carbocycles. The Balaban J connectivity index is 2.11. The molecule has 0 N–H and O–H groups in total. The molecule has 3 nitrogen and oxygen atoms in total. The number of hydrogen-bond acceptors (Lipinski definition) is 2. The number of amides is 1. The maximum atomic E-state index is 12.5. The van der Waals surface area contributed by atoms with Crippen molar-refractivity contribution in [3.05, 3.63) is 47.2 Å². The van der Waals surface area contributed by atoms with Crippen LogP contribution in [0.3, 0.4) is 0 Å². The molecule has 1 amide bonds. The molecule has 1 aliphatic rings. The van der Waals surface area contributed by atoms with Crippen molar-refractivity contribution in [3.8, 4) is 0 Å². The summed E-state index contributed by atoms with van der Waals surface area (Å²) in [4.78, 5) is 14.2. The van der Waals surface area contributed by atoms with Gasteiger partial charge in [-0.2, -0.15) is 0 Å². The number of carbonyl (C=O) groups is 1. The number of ether oxygens (including phenoxy) is 1.